The fraction of sp³-hybridized carbons (Fsp3) is 0.250. The summed E-state index contributed by atoms with van der Waals surface area (Å²) in [5, 5.41) is 11.7. The zero-order chi connectivity index (χ0) is 39.8. The van der Waals surface area contributed by atoms with Gasteiger partial charge in [0.1, 0.15) is 22.8 Å². The first kappa shape index (κ1) is 38.8. The molecule has 0 radical (unpaired) electrons. The van der Waals surface area contributed by atoms with Crippen LogP contribution in [0.2, 0.25) is 0 Å². The van der Waals surface area contributed by atoms with Crippen molar-refractivity contribution >= 4 is 34.9 Å². The maximum atomic E-state index is 13.8. The van der Waals surface area contributed by atoms with Crippen molar-refractivity contribution in [3.8, 4) is 0 Å². The zero-order valence-electron chi connectivity index (χ0n) is 33.1. The maximum absolute atomic E-state index is 13.8. The first-order chi connectivity index (χ1) is 27.6. The first-order valence-electron chi connectivity index (χ1n) is 19.6. The summed E-state index contributed by atoms with van der Waals surface area (Å²) in [5.41, 5.74) is 6.43. The molecular formula is C48H50N6O3. The highest BCUT2D eigenvalue weighted by Gasteiger charge is 2.37. The number of hydrogen-bond donors (Lipinski definition) is 2. The van der Waals surface area contributed by atoms with Crippen LogP contribution in [-0.4, -0.2) is 38.9 Å². The summed E-state index contributed by atoms with van der Waals surface area (Å²) in [4.78, 5) is 33.6. The van der Waals surface area contributed by atoms with Gasteiger partial charge in [-0.15, -0.1) is 0 Å². The minimum Gasteiger partial charge on any atom is -0.443 e. The molecule has 2 amide bonds. The summed E-state index contributed by atoms with van der Waals surface area (Å²) in [6, 6.07) is 45.0. The second-order valence-corrected chi connectivity index (χ2v) is 15.4. The number of rotatable bonds is 12. The van der Waals surface area contributed by atoms with Crippen LogP contribution in [0.1, 0.15) is 74.3 Å². The number of ether oxygens (including phenoxy) is 1. The van der Waals surface area contributed by atoms with E-state index < -0.39 is 17.2 Å². The van der Waals surface area contributed by atoms with E-state index in [1.54, 1.807) is 24.5 Å². The number of aromatic nitrogens is 3. The molecule has 0 saturated heterocycles. The Morgan fingerprint density at radius 1 is 0.754 bits per heavy atom. The zero-order valence-corrected chi connectivity index (χ0v) is 33.1. The summed E-state index contributed by atoms with van der Waals surface area (Å²) >= 11 is 0. The molecule has 0 saturated carbocycles. The van der Waals surface area contributed by atoms with Crippen LogP contribution in [0.25, 0.3) is 5.57 Å². The van der Waals surface area contributed by atoms with E-state index in [2.05, 4.69) is 83.2 Å². The molecule has 2 heterocycles. The van der Waals surface area contributed by atoms with Crippen LogP contribution in [0.4, 0.5) is 22.1 Å². The van der Waals surface area contributed by atoms with Gasteiger partial charge in [-0.25, -0.2) is 14.5 Å². The number of nitrogens with one attached hydrogen (secondary N) is 2. The van der Waals surface area contributed by atoms with E-state index in [1.807, 2.05) is 86.1 Å². The fourth-order valence-electron chi connectivity index (χ4n) is 7.46. The van der Waals surface area contributed by atoms with E-state index in [-0.39, 0.29) is 12.5 Å². The van der Waals surface area contributed by atoms with Crippen LogP contribution in [-0.2, 0) is 21.6 Å². The van der Waals surface area contributed by atoms with E-state index in [1.165, 1.54) is 10.5 Å². The Morgan fingerprint density at radius 3 is 1.91 bits per heavy atom. The third-order valence-electron chi connectivity index (χ3n) is 10.2. The molecule has 2 N–H and O–H groups in total. The molecule has 57 heavy (non-hydrogen) atoms. The van der Waals surface area contributed by atoms with Gasteiger partial charge < -0.3 is 15.4 Å². The normalized spacial score (nSPS) is 13.2. The minimum atomic E-state index is -0.761. The lowest BCUT2D eigenvalue weighted by Crippen LogP contribution is -2.40. The molecule has 0 unspecified atom stereocenters. The predicted molar refractivity (Wildman–Crippen MR) is 228 cm³/mol. The Kier molecular flexibility index (Phi) is 11.6. The monoisotopic (exact) mass is 758 g/mol. The van der Waals surface area contributed by atoms with Crippen molar-refractivity contribution < 1.29 is 14.3 Å². The van der Waals surface area contributed by atoms with E-state index >= 15 is 0 Å². The van der Waals surface area contributed by atoms with Crippen LogP contribution >= 0.6 is 0 Å². The molecule has 1 aliphatic rings. The number of nitrogens with zero attached hydrogens (tertiary/aromatic N) is 4. The smallest absolute Gasteiger partial charge is 0.416 e. The highest BCUT2D eigenvalue weighted by Crippen LogP contribution is 2.40. The van der Waals surface area contributed by atoms with E-state index in [4.69, 9.17) is 9.84 Å². The number of amides is 2. The van der Waals surface area contributed by atoms with Gasteiger partial charge in [0.05, 0.1) is 31.2 Å². The Morgan fingerprint density at radius 2 is 1.35 bits per heavy atom. The summed E-state index contributed by atoms with van der Waals surface area (Å²) in [6.45, 7) is 8.13. The van der Waals surface area contributed by atoms with E-state index in [0.29, 0.717) is 18.1 Å². The molecule has 2 aromatic heterocycles. The molecule has 6 aromatic rings. The summed E-state index contributed by atoms with van der Waals surface area (Å²) in [7, 11) is 0. The molecular weight excluding hydrogens is 709 g/mol. The number of anilines is 3. The van der Waals surface area contributed by atoms with Crippen molar-refractivity contribution in [3.05, 3.63) is 179 Å². The third kappa shape index (κ3) is 8.99. The Bertz CT molecular complexity index is 2200. The van der Waals surface area contributed by atoms with Gasteiger partial charge in [0.15, 0.2) is 0 Å². The van der Waals surface area contributed by atoms with Crippen LogP contribution in [0.3, 0.4) is 0 Å². The summed E-state index contributed by atoms with van der Waals surface area (Å²) < 4.78 is 7.73. The van der Waals surface area contributed by atoms with E-state index in [0.717, 1.165) is 64.9 Å². The number of benzene rings is 4. The van der Waals surface area contributed by atoms with Crippen LogP contribution in [0.15, 0.2) is 151 Å². The summed E-state index contributed by atoms with van der Waals surface area (Å²) in [6.07, 6.45) is 6.44. The van der Waals surface area contributed by atoms with Crippen LogP contribution in [0.5, 0.6) is 0 Å². The van der Waals surface area contributed by atoms with Crippen LogP contribution in [0, 0.1) is 6.92 Å². The van der Waals surface area contributed by atoms with Gasteiger partial charge in [-0.2, -0.15) is 5.10 Å². The number of hydrogen-bond acceptors (Lipinski definition) is 6. The molecule has 0 fully saturated rings. The van der Waals surface area contributed by atoms with Crippen molar-refractivity contribution in [1.29, 1.82) is 0 Å². The summed E-state index contributed by atoms with van der Waals surface area (Å²) in [5.74, 6) is 1.04. The van der Waals surface area contributed by atoms with Crippen molar-refractivity contribution in [1.82, 2.24) is 14.8 Å². The highest BCUT2D eigenvalue weighted by atomic mass is 16.6. The first-order valence-corrected chi connectivity index (χ1v) is 19.6. The molecule has 0 atom stereocenters. The molecule has 9 nitrogen and oxygen atoms in total. The second kappa shape index (κ2) is 17.1. The van der Waals surface area contributed by atoms with Gasteiger partial charge >= 0.3 is 6.09 Å². The molecule has 4 aromatic carbocycles. The molecule has 0 bridgehead atoms. The average Bonchev–Trinajstić information content (AvgIpc) is 3.67. The third-order valence-corrected chi connectivity index (χ3v) is 10.2. The maximum Gasteiger partial charge on any atom is 0.416 e. The Balaban J connectivity index is 1.15. The van der Waals surface area contributed by atoms with Gasteiger partial charge in [0, 0.05) is 11.6 Å². The van der Waals surface area contributed by atoms with Gasteiger partial charge in [0.2, 0.25) is 0 Å². The van der Waals surface area contributed by atoms with Crippen LogP contribution < -0.4 is 15.5 Å². The minimum absolute atomic E-state index is 0.125. The Labute approximate surface area is 335 Å². The lowest BCUT2D eigenvalue weighted by molar-refractivity contribution is -0.113. The standard InChI is InChI=1S/C48H50N6O3/c1-35-24-26-36(27-25-35)41-22-14-15-23-42(41)45(55)51-40-28-29-43(49-34-40)53(46(56)57-47(2,3)4)32-33-54-44(30-31-50-54)52-48(37-16-8-5-9-17-37,38-18-10-6-11-19-38)39-20-12-7-13-21-39/h5-13,16-21,24-31,34,52H,14-15,22-23,32-33H2,1-4H3,(H,51,55). The number of carbonyl (C=O) groups excluding carboxylic acids is 2. The van der Waals surface area contributed by atoms with Crippen molar-refractivity contribution in [3.63, 3.8) is 0 Å². The van der Waals surface area contributed by atoms with Gasteiger partial charge in [-0.1, -0.05) is 121 Å². The topological polar surface area (TPSA) is 101 Å². The van der Waals surface area contributed by atoms with Crippen molar-refractivity contribution in [2.24, 2.45) is 0 Å². The molecule has 0 aliphatic heterocycles. The molecule has 290 valence electrons. The predicted octanol–water partition coefficient (Wildman–Crippen LogP) is 10.4. The Hall–Kier alpha value is -6.48. The lowest BCUT2D eigenvalue weighted by atomic mass is 9.77. The quantitative estimate of drug-likeness (QED) is 0.121. The van der Waals surface area contributed by atoms with E-state index in [9.17, 15) is 9.59 Å². The van der Waals surface area contributed by atoms with Gasteiger partial charge in [-0.3, -0.25) is 9.69 Å². The number of pyridine rings is 1. The van der Waals surface area contributed by atoms with Crippen molar-refractivity contribution in [2.75, 3.05) is 22.1 Å². The molecule has 0 spiro atoms. The lowest BCUT2D eigenvalue weighted by Gasteiger charge is -2.38. The average molecular weight is 759 g/mol. The van der Waals surface area contributed by atoms with Gasteiger partial charge in [0.25, 0.3) is 5.91 Å². The largest absolute Gasteiger partial charge is 0.443 e. The number of allylic oxidation sites excluding steroid dienone is 1. The second-order valence-electron chi connectivity index (χ2n) is 15.4. The van der Waals surface area contributed by atoms with Gasteiger partial charge in [-0.05, 0) is 93.3 Å². The number of aryl methyl sites for hydroxylation is 1. The molecule has 7 rings (SSSR count). The fourth-order valence-corrected chi connectivity index (χ4v) is 7.46. The SMILES string of the molecule is Cc1ccc(C2=C(C(=O)Nc3ccc(N(CCn4nccc4NC(c4ccccc4)(c4ccccc4)c4ccccc4)C(=O)OC(C)(C)C)nc3)CCCC2)cc1. The molecule has 1 aliphatic carbocycles. The molecule has 9 heteroatoms. The number of carbonyl (C=O) groups is 2. The highest BCUT2D eigenvalue weighted by molar-refractivity contribution is 6.09. The van der Waals surface area contributed by atoms with Crippen molar-refractivity contribution in [2.45, 2.75) is 71.1 Å².